The highest BCUT2D eigenvalue weighted by Gasteiger charge is 2.45. The third-order valence-corrected chi connectivity index (χ3v) is 7.06. The molecule has 3 aliphatic rings. The molecule has 4 heterocycles. The van der Waals surface area contributed by atoms with Gasteiger partial charge in [-0.05, 0) is 32.1 Å². The second-order valence-corrected chi connectivity index (χ2v) is 8.81. The molecule has 1 amide bonds. The van der Waals surface area contributed by atoms with E-state index in [9.17, 15) is 15.0 Å². The first kappa shape index (κ1) is 18.7. The van der Waals surface area contributed by atoms with Gasteiger partial charge in [0.05, 0.1) is 19.5 Å². The monoisotopic (exact) mass is 400 g/mol. The van der Waals surface area contributed by atoms with E-state index in [1.165, 1.54) is 0 Å². The van der Waals surface area contributed by atoms with Gasteiger partial charge >= 0.3 is 0 Å². The van der Waals surface area contributed by atoms with Crippen LogP contribution in [0.15, 0.2) is 12.7 Å². The summed E-state index contributed by atoms with van der Waals surface area (Å²) < 4.78 is 2.06. The van der Waals surface area contributed by atoms with Crippen molar-refractivity contribution >= 4 is 22.9 Å². The van der Waals surface area contributed by atoms with Gasteiger partial charge < -0.3 is 24.6 Å². The largest absolute Gasteiger partial charge is 0.396 e. The van der Waals surface area contributed by atoms with E-state index in [1.54, 1.807) is 6.33 Å². The molecule has 0 atom stereocenters. The summed E-state index contributed by atoms with van der Waals surface area (Å²) in [5.74, 6) is 1.16. The molecule has 9 heteroatoms. The Morgan fingerprint density at radius 2 is 1.79 bits per heavy atom. The van der Waals surface area contributed by atoms with Crippen molar-refractivity contribution in [3.63, 3.8) is 0 Å². The van der Waals surface area contributed by atoms with Crippen LogP contribution < -0.4 is 4.90 Å². The van der Waals surface area contributed by atoms with E-state index in [2.05, 4.69) is 29.3 Å². The Morgan fingerprint density at radius 1 is 1.03 bits per heavy atom. The first-order valence-electron chi connectivity index (χ1n) is 10.6. The average Bonchev–Trinajstić information content (AvgIpc) is 3.35. The van der Waals surface area contributed by atoms with Gasteiger partial charge in [0.15, 0.2) is 17.0 Å². The van der Waals surface area contributed by atoms with Gasteiger partial charge in [-0.2, -0.15) is 0 Å². The van der Waals surface area contributed by atoms with Crippen LogP contribution in [0.4, 0.5) is 5.82 Å². The number of hydrogen-bond donors (Lipinski definition) is 2. The fraction of sp³-hybridized carbons (Fsp3) is 0.700. The van der Waals surface area contributed by atoms with Crippen LogP contribution in [0.25, 0.3) is 11.2 Å². The number of piperidine rings is 1. The summed E-state index contributed by atoms with van der Waals surface area (Å²) in [6, 6.07) is 0.533. The van der Waals surface area contributed by atoms with Crippen molar-refractivity contribution in [2.75, 3.05) is 37.7 Å². The van der Waals surface area contributed by atoms with E-state index in [4.69, 9.17) is 0 Å². The molecule has 2 aromatic rings. The van der Waals surface area contributed by atoms with Gasteiger partial charge in [-0.3, -0.25) is 4.79 Å². The standard InChI is InChI=1S/C20H28N6O3/c27-10-20(11-28)8-15(9-20)26-13-23-17-18(21-12-22-19(17)26)24-6-3-14(4-7-24)25-5-1-2-16(25)29/h12-15,27-28H,1-11H2. The van der Waals surface area contributed by atoms with Crippen LogP contribution in [0.2, 0.25) is 0 Å². The van der Waals surface area contributed by atoms with Crippen LogP contribution in [0.5, 0.6) is 0 Å². The molecule has 2 N–H and O–H groups in total. The van der Waals surface area contributed by atoms with Crippen molar-refractivity contribution in [1.29, 1.82) is 0 Å². The number of likely N-dealkylation sites (tertiary alicyclic amines) is 1. The number of nitrogens with zero attached hydrogens (tertiary/aromatic N) is 6. The number of aliphatic hydroxyl groups is 2. The number of amides is 1. The van der Waals surface area contributed by atoms with E-state index in [0.29, 0.717) is 18.4 Å². The van der Waals surface area contributed by atoms with Crippen molar-refractivity contribution < 1.29 is 15.0 Å². The maximum atomic E-state index is 12.0. The molecule has 0 aromatic carbocycles. The molecular formula is C20H28N6O3. The minimum Gasteiger partial charge on any atom is -0.396 e. The molecule has 29 heavy (non-hydrogen) atoms. The van der Waals surface area contributed by atoms with Crippen LogP contribution in [0.3, 0.4) is 0 Å². The Kier molecular flexibility index (Phi) is 4.66. The molecule has 0 bridgehead atoms. The molecule has 9 nitrogen and oxygen atoms in total. The highest BCUT2D eigenvalue weighted by molar-refractivity contribution is 5.83. The van der Waals surface area contributed by atoms with Crippen LogP contribution in [0.1, 0.15) is 44.6 Å². The first-order valence-corrected chi connectivity index (χ1v) is 10.6. The molecular weight excluding hydrogens is 372 g/mol. The predicted octanol–water partition coefficient (Wildman–Crippen LogP) is 0.723. The number of aromatic nitrogens is 4. The third-order valence-electron chi connectivity index (χ3n) is 7.06. The minimum atomic E-state index is -0.383. The molecule has 0 radical (unpaired) electrons. The van der Waals surface area contributed by atoms with Gasteiger partial charge in [-0.25, -0.2) is 15.0 Å². The molecule has 2 aromatic heterocycles. The normalized spacial score (nSPS) is 23.2. The fourth-order valence-electron chi connectivity index (χ4n) is 5.23. The van der Waals surface area contributed by atoms with E-state index in [1.807, 2.05) is 6.33 Å². The Labute approximate surface area is 169 Å². The lowest BCUT2D eigenvalue weighted by molar-refractivity contribution is -0.130. The average molecular weight is 400 g/mol. The molecule has 1 saturated carbocycles. The van der Waals surface area contributed by atoms with Crippen molar-refractivity contribution in [2.45, 2.75) is 50.6 Å². The zero-order valence-electron chi connectivity index (χ0n) is 16.6. The zero-order chi connectivity index (χ0) is 20.0. The SMILES string of the molecule is O=C1CCCN1C1CCN(c2ncnc3c2ncn3C2CC(CO)(CO)C2)CC1. The summed E-state index contributed by atoms with van der Waals surface area (Å²) in [4.78, 5) is 30.0. The number of rotatable bonds is 5. The lowest BCUT2D eigenvalue weighted by atomic mass is 9.66. The zero-order valence-corrected chi connectivity index (χ0v) is 16.6. The van der Waals surface area contributed by atoms with Crippen molar-refractivity contribution in [3.05, 3.63) is 12.7 Å². The molecule has 1 aliphatic carbocycles. The van der Waals surface area contributed by atoms with E-state index in [-0.39, 0.29) is 24.7 Å². The smallest absolute Gasteiger partial charge is 0.222 e. The number of imidazole rings is 1. The van der Waals surface area contributed by atoms with Crippen LogP contribution in [-0.4, -0.2) is 79.4 Å². The summed E-state index contributed by atoms with van der Waals surface area (Å²) in [7, 11) is 0. The number of hydrogen-bond acceptors (Lipinski definition) is 7. The summed E-state index contributed by atoms with van der Waals surface area (Å²) in [5, 5.41) is 19.1. The number of aliphatic hydroxyl groups excluding tert-OH is 2. The second-order valence-electron chi connectivity index (χ2n) is 8.81. The number of fused-ring (bicyclic) bond motifs is 1. The lowest BCUT2D eigenvalue weighted by Gasteiger charge is -2.45. The first-order chi connectivity index (χ1) is 14.1. The van der Waals surface area contributed by atoms with Crippen LogP contribution in [0, 0.1) is 5.41 Å². The van der Waals surface area contributed by atoms with Gasteiger partial charge in [0.2, 0.25) is 5.91 Å². The number of carbonyl (C=O) groups excluding carboxylic acids is 1. The van der Waals surface area contributed by atoms with Gasteiger partial charge in [0.1, 0.15) is 6.33 Å². The molecule has 5 rings (SSSR count). The molecule has 0 unspecified atom stereocenters. The van der Waals surface area contributed by atoms with Crippen LogP contribution in [-0.2, 0) is 4.79 Å². The molecule has 3 fully saturated rings. The summed E-state index contributed by atoms with van der Waals surface area (Å²) >= 11 is 0. The van der Waals surface area contributed by atoms with Gasteiger partial charge in [0.25, 0.3) is 0 Å². The van der Waals surface area contributed by atoms with Gasteiger partial charge in [-0.15, -0.1) is 0 Å². The van der Waals surface area contributed by atoms with Crippen molar-refractivity contribution in [2.24, 2.45) is 5.41 Å². The quantitative estimate of drug-likeness (QED) is 0.761. The molecule has 156 valence electrons. The van der Waals surface area contributed by atoms with Crippen LogP contribution >= 0.6 is 0 Å². The summed E-state index contributed by atoms with van der Waals surface area (Å²) in [5.41, 5.74) is 1.22. The molecule has 2 aliphatic heterocycles. The van der Waals surface area contributed by atoms with Crippen molar-refractivity contribution in [1.82, 2.24) is 24.4 Å². The molecule has 2 saturated heterocycles. The second kappa shape index (κ2) is 7.21. The lowest BCUT2D eigenvalue weighted by Crippen LogP contribution is -2.45. The number of carbonyl (C=O) groups is 1. The maximum absolute atomic E-state index is 12.0. The highest BCUT2D eigenvalue weighted by Crippen LogP contribution is 2.48. The minimum absolute atomic E-state index is 0.00132. The topological polar surface area (TPSA) is 108 Å². The molecule has 0 spiro atoms. The van der Waals surface area contributed by atoms with E-state index in [0.717, 1.165) is 68.7 Å². The number of anilines is 1. The Hall–Kier alpha value is -2.26. The fourth-order valence-corrected chi connectivity index (χ4v) is 5.23. The summed E-state index contributed by atoms with van der Waals surface area (Å²) in [6.07, 6.45) is 8.43. The third kappa shape index (κ3) is 3.07. The Bertz CT molecular complexity index is 895. The van der Waals surface area contributed by atoms with E-state index >= 15 is 0 Å². The predicted molar refractivity (Wildman–Crippen MR) is 106 cm³/mol. The van der Waals surface area contributed by atoms with Gasteiger partial charge in [0, 0.05) is 43.6 Å². The summed E-state index contributed by atoms with van der Waals surface area (Å²) in [6.45, 7) is 2.61. The van der Waals surface area contributed by atoms with Crippen molar-refractivity contribution in [3.8, 4) is 0 Å². The maximum Gasteiger partial charge on any atom is 0.222 e. The highest BCUT2D eigenvalue weighted by atomic mass is 16.3. The Balaban J connectivity index is 1.32. The Morgan fingerprint density at radius 3 is 2.45 bits per heavy atom. The van der Waals surface area contributed by atoms with Gasteiger partial charge in [-0.1, -0.05) is 0 Å². The van der Waals surface area contributed by atoms with E-state index < -0.39 is 0 Å².